The van der Waals surface area contributed by atoms with Crippen LogP contribution in [0.5, 0.6) is 0 Å². The minimum absolute atomic E-state index is 0.218. The van der Waals surface area contributed by atoms with Gasteiger partial charge in [-0.05, 0) is 12.8 Å². The fraction of sp³-hybridized carbons (Fsp3) is 0.600. The number of nitrogens with two attached hydrogens (primary N) is 1. The van der Waals surface area contributed by atoms with Gasteiger partial charge in [0.1, 0.15) is 0 Å². The van der Waals surface area contributed by atoms with Crippen molar-refractivity contribution < 1.29 is 9.13 Å². The van der Waals surface area contributed by atoms with Crippen molar-refractivity contribution in [1.29, 1.82) is 0 Å². The van der Waals surface area contributed by atoms with Gasteiger partial charge >= 0.3 is 0 Å². The van der Waals surface area contributed by atoms with E-state index in [1.165, 1.54) is 0 Å². The molecule has 17 heavy (non-hydrogen) atoms. The Labute approximate surface area is 99.0 Å². The second-order valence-corrected chi connectivity index (χ2v) is 3.93. The van der Waals surface area contributed by atoms with E-state index >= 15 is 0 Å². The maximum absolute atomic E-state index is 13.6. The van der Waals surface area contributed by atoms with Crippen molar-refractivity contribution in [2.45, 2.75) is 18.9 Å². The van der Waals surface area contributed by atoms with Gasteiger partial charge in [-0.25, -0.2) is 15.2 Å². The number of nitrogens with zero attached hydrogens (tertiary/aromatic N) is 3. The Hall–Kier alpha value is -1.47. The molecule has 1 fully saturated rings. The van der Waals surface area contributed by atoms with E-state index in [1.54, 1.807) is 7.11 Å². The zero-order valence-electron chi connectivity index (χ0n) is 9.69. The normalized spacial score (nSPS) is 17.2. The number of nitrogens with one attached hydrogen (secondary N) is 1. The quantitative estimate of drug-likeness (QED) is 0.593. The van der Waals surface area contributed by atoms with Gasteiger partial charge in [0.2, 0.25) is 5.95 Å². The molecule has 0 atom stereocenters. The largest absolute Gasteiger partial charge is 0.381 e. The number of aromatic nitrogens is 2. The summed E-state index contributed by atoms with van der Waals surface area (Å²) < 4.78 is 18.9. The highest BCUT2D eigenvalue weighted by atomic mass is 19.1. The van der Waals surface area contributed by atoms with E-state index in [0.717, 1.165) is 32.1 Å². The smallest absolute Gasteiger partial charge is 0.239 e. The minimum Gasteiger partial charge on any atom is -0.381 e. The number of halogens is 1. The van der Waals surface area contributed by atoms with Crippen LogP contribution in [0.2, 0.25) is 0 Å². The molecule has 2 heterocycles. The van der Waals surface area contributed by atoms with Gasteiger partial charge in [-0.15, -0.1) is 0 Å². The number of rotatable bonds is 3. The number of methoxy groups -OCH3 is 1. The van der Waals surface area contributed by atoms with E-state index < -0.39 is 5.82 Å². The van der Waals surface area contributed by atoms with Gasteiger partial charge in [0.25, 0.3) is 0 Å². The van der Waals surface area contributed by atoms with Gasteiger partial charge in [-0.3, -0.25) is 5.43 Å². The monoisotopic (exact) mass is 241 g/mol. The predicted octanol–water partition coefficient (Wildman–Crippen LogP) is 0.516. The summed E-state index contributed by atoms with van der Waals surface area (Å²) in [5.41, 5.74) is 2.31. The zero-order valence-corrected chi connectivity index (χ0v) is 9.69. The fourth-order valence-corrected chi connectivity index (χ4v) is 1.95. The van der Waals surface area contributed by atoms with Crippen molar-refractivity contribution in [3.63, 3.8) is 0 Å². The predicted molar refractivity (Wildman–Crippen MR) is 62.0 cm³/mol. The Balaban J connectivity index is 2.12. The number of nitrogen functional groups attached to an aromatic ring is 1. The van der Waals surface area contributed by atoms with E-state index in [-0.39, 0.29) is 12.1 Å². The number of ether oxygens (including phenoxy) is 1. The van der Waals surface area contributed by atoms with Gasteiger partial charge < -0.3 is 9.64 Å². The van der Waals surface area contributed by atoms with Crippen molar-refractivity contribution in [2.24, 2.45) is 5.84 Å². The zero-order chi connectivity index (χ0) is 12.3. The summed E-state index contributed by atoms with van der Waals surface area (Å²) in [5.74, 6) is 5.29. The Kier molecular flexibility index (Phi) is 3.70. The molecule has 0 aliphatic carbocycles. The summed E-state index contributed by atoms with van der Waals surface area (Å²) in [7, 11) is 1.70. The molecule has 0 saturated carbocycles. The summed E-state index contributed by atoms with van der Waals surface area (Å²) in [6.07, 6.45) is 3.11. The van der Waals surface area contributed by atoms with E-state index in [9.17, 15) is 4.39 Å². The SMILES string of the molecule is COC1CCN(c2nc(NN)ncc2F)CC1. The first-order valence-corrected chi connectivity index (χ1v) is 5.51. The average Bonchev–Trinajstić information content (AvgIpc) is 2.39. The Morgan fingerprint density at radius 2 is 2.24 bits per heavy atom. The first-order chi connectivity index (χ1) is 8.24. The highest BCUT2D eigenvalue weighted by Crippen LogP contribution is 2.22. The van der Waals surface area contributed by atoms with Gasteiger partial charge in [0.15, 0.2) is 11.6 Å². The van der Waals surface area contributed by atoms with Crippen LogP contribution < -0.4 is 16.2 Å². The molecule has 0 unspecified atom stereocenters. The molecule has 1 aromatic rings. The van der Waals surface area contributed by atoms with Crippen LogP contribution in [-0.4, -0.2) is 36.3 Å². The lowest BCUT2D eigenvalue weighted by Gasteiger charge is -2.32. The standard InChI is InChI=1S/C10H16FN5O/c1-17-7-2-4-16(5-3-7)9-8(11)6-13-10(14-9)15-12/h6-7H,2-5,12H2,1H3,(H,13,14,15). The molecule has 0 aromatic carbocycles. The maximum Gasteiger partial charge on any atom is 0.239 e. The van der Waals surface area contributed by atoms with Gasteiger partial charge in [0, 0.05) is 20.2 Å². The van der Waals surface area contributed by atoms with Crippen LogP contribution >= 0.6 is 0 Å². The van der Waals surface area contributed by atoms with E-state index in [1.807, 2.05) is 4.90 Å². The summed E-state index contributed by atoms with van der Waals surface area (Å²) in [6.45, 7) is 1.44. The van der Waals surface area contributed by atoms with E-state index in [4.69, 9.17) is 10.6 Å². The highest BCUT2D eigenvalue weighted by molar-refractivity contribution is 5.43. The van der Waals surface area contributed by atoms with Crippen molar-refractivity contribution in [3.8, 4) is 0 Å². The Morgan fingerprint density at radius 3 is 2.82 bits per heavy atom. The van der Waals surface area contributed by atoms with Crippen molar-refractivity contribution >= 4 is 11.8 Å². The topological polar surface area (TPSA) is 76.3 Å². The summed E-state index contributed by atoms with van der Waals surface area (Å²) >= 11 is 0. The fourth-order valence-electron chi connectivity index (χ4n) is 1.95. The number of hydrazine groups is 1. The Bertz CT molecular complexity index is 381. The third kappa shape index (κ3) is 2.62. The number of hydrogen-bond acceptors (Lipinski definition) is 6. The molecule has 6 nitrogen and oxygen atoms in total. The van der Waals surface area contributed by atoms with Crippen LogP contribution in [0, 0.1) is 5.82 Å². The van der Waals surface area contributed by atoms with Crippen molar-refractivity contribution in [2.75, 3.05) is 30.5 Å². The lowest BCUT2D eigenvalue weighted by atomic mass is 10.1. The van der Waals surface area contributed by atoms with Crippen molar-refractivity contribution in [1.82, 2.24) is 9.97 Å². The van der Waals surface area contributed by atoms with E-state index in [2.05, 4.69) is 15.4 Å². The molecule has 0 spiro atoms. The molecule has 1 saturated heterocycles. The molecule has 0 amide bonds. The number of anilines is 2. The number of piperidine rings is 1. The van der Waals surface area contributed by atoms with Crippen LogP contribution in [0.3, 0.4) is 0 Å². The molecule has 7 heteroatoms. The van der Waals surface area contributed by atoms with Crippen LogP contribution in [0.15, 0.2) is 6.20 Å². The maximum atomic E-state index is 13.6. The number of hydrogen-bond donors (Lipinski definition) is 2. The summed E-state index contributed by atoms with van der Waals surface area (Å²) in [6, 6.07) is 0. The molecule has 0 bridgehead atoms. The van der Waals surface area contributed by atoms with Gasteiger partial charge in [-0.1, -0.05) is 0 Å². The first kappa shape index (κ1) is 12.0. The molecule has 2 rings (SSSR count). The lowest BCUT2D eigenvalue weighted by molar-refractivity contribution is 0.0816. The van der Waals surface area contributed by atoms with E-state index in [0.29, 0.717) is 5.82 Å². The second kappa shape index (κ2) is 5.24. The lowest BCUT2D eigenvalue weighted by Crippen LogP contribution is -2.37. The van der Waals surface area contributed by atoms with Crippen molar-refractivity contribution in [3.05, 3.63) is 12.0 Å². The van der Waals surface area contributed by atoms with Crippen LogP contribution in [0.4, 0.5) is 16.2 Å². The summed E-state index contributed by atoms with van der Waals surface area (Å²) in [5, 5.41) is 0. The molecule has 1 aromatic heterocycles. The molecule has 3 N–H and O–H groups in total. The third-order valence-corrected chi connectivity index (χ3v) is 2.93. The van der Waals surface area contributed by atoms with Gasteiger partial charge in [-0.2, -0.15) is 4.98 Å². The minimum atomic E-state index is -0.431. The molecule has 94 valence electrons. The summed E-state index contributed by atoms with van der Waals surface area (Å²) in [4.78, 5) is 9.62. The van der Waals surface area contributed by atoms with Crippen LogP contribution in [0.25, 0.3) is 0 Å². The third-order valence-electron chi connectivity index (χ3n) is 2.93. The first-order valence-electron chi connectivity index (χ1n) is 5.51. The Morgan fingerprint density at radius 1 is 1.53 bits per heavy atom. The molecular formula is C10H16FN5O. The second-order valence-electron chi connectivity index (χ2n) is 3.93. The van der Waals surface area contributed by atoms with Crippen LogP contribution in [0.1, 0.15) is 12.8 Å². The van der Waals surface area contributed by atoms with Gasteiger partial charge in [0.05, 0.1) is 12.3 Å². The molecule has 0 radical (unpaired) electrons. The van der Waals surface area contributed by atoms with Crippen LogP contribution in [-0.2, 0) is 4.74 Å². The molecule has 1 aliphatic rings. The molecule has 1 aliphatic heterocycles. The average molecular weight is 241 g/mol. The molecular weight excluding hydrogens is 225 g/mol. The highest BCUT2D eigenvalue weighted by Gasteiger charge is 2.22.